The number of carbonyl (C=O) groups is 2. The lowest BCUT2D eigenvalue weighted by molar-refractivity contribution is -0.127. The quantitative estimate of drug-likeness (QED) is 0.668. The molecule has 0 radical (unpaired) electrons. The van der Waals surface area contributed by atoms with Crippen molar-refractivity contribution in [2.24, 2.45) is 0 Å². The van der Waals surface area contributed by atoms with Crippen molar-refractivity contribution in [1.29, 1.82) is 0 Å². The summed E-state index contributed by atoms with van der Waals surface area (Å²) in [6, 6.07) is 15.2. The van der Waals surface area contributed by atoms with E-state index in [0.717, 1.165) is 42.1 Å². The molecule has 1 aliphatic rings. The highest BCUT2D eigenvalue weighted by molar-refractivity contribution is 8.00. The highest BCUT2D eigenvalue weighted by Crippen LogP contribution is 2.25. The third-order valence-corrected chi connectivity index (χ3v) is 5.91. The largest absolute Gasteiger partial charge is 0.497 e. The van der Waals surface area contributed by atoms with Crippen molar-refractivity contribution in [2.45, 2.75) is 24.3 Å². The van der Waals surface area contributed by atoms with E-state index in [-0.39, 0.29) is 11.8 Å². The molecule has 5 nitrogen and oxygen atoms in total. The first-order chi connectivity index (χ1) is 13.6. The summed E-state index contributed by atoms with van der Waals surface area (Å²) in [5.74, 6) is 1.26. The topological polar surface area (TPSA) is 49.9 Å². The molecule has 0 N–H and O–H groups in total. The average Bonchev–Trinajstić information content (AvgIpc) is 3.27. The van der Waals surface area contributed by atoms with Crippen LogP contribution in [-0.4, -0.2) is 54.6 Å². The van der Waals surface area contributed by atoms with Gasteiger partial charge in [-0.25, -0.2) is 0 Å². The van der Waals surface area contributed by atoms with E-state index in [1.807, 2.05) is 53.4 Å². The first-order valence-corrected chi connectivity index (χ1v) is 10.4. The van der Waals surface area contributed by atoms with Crippen molar-refractivity contribution in [2.75, 3.05) is 33.0 Å². The van der Waals surface area contributed by atoms with Crippen molar-refractivity contribution in [1.82, 2.24) is 9.80 Å². The molecule has 148 valence electrons. The number of rotatable bonds is 7. The zero-order valence-corrected chi connectivity index (χ0v) is 17.2. The van der Waals surface area contributed by atoms with Crippen LogP contribution in [0.1, 0.15) is 28.8 Å². The van der Waals surface area contributed by atoms with Crippen LogP contribution in [0.15, 0.2) is 53.4 Å². The average molecular weight is 399 g/mol. The number of benzene rings is 2. The zero-order valence-electron chi connectivity index (χ0n) is 16.4. The molecule has 0 spiro atoms. The van der Waals surface area contributed by atoms with Crippen molar-refractivity contribution >= 4 is 23.6 Å². The first-order valence-electron chi connectivity index (χ1n) is 9.46. The Bertz CT molecular complexity index is 817. The highest BCUT2D eigenvalue weighted by Gasteiger charge is 2.20. The summed E-state index contributed by atoms with van der Waals surface area (Å²) in [5.41, 5.74) is 1.67. The molecule has 6 heteroatoms. The summed E-state index contributed by atoms with van der Waals surface area (Å²) in [4.78, 5) is 29.8. The summed E-state index contributed by atoms with van der Waals surface area (Å²) in [5, 5.41) is 0. The lowest BCUT2D eigenvalue weighted by atomic mass is 10.1. The molecule has 3 rings (SSSR count). The molecule has 1 heterocycles. The minimum Gasteiger partial charge on any atom is -0.497 e. The predicted molar refractivity (Wildman–Crippen MR) is 112 cm³/mol. The van der Waals surface area contributed by atoms with Gasteiger partial charge in [0.05, 0.1) is 18.4 Å². The number of thioether (sulfide) groups is 1. The summed E-state index contributed by atoms with van der Waals surface area (Å²) in [7, 11) is 3.43. The monoisotopic (exact) mass is 398 g/mol. The van der Waals surface area contributed by atoms with E-state index in [2.05, 4.69) is 0 Å². The molecule has 0 aromatic heterocycles. The smallest absolute Gasteiger partial charge is 0.255 e. The number of likely N-dealkylation sites (tertiary alicyclic amines) is 1. The second kappa shape index (κ2) is 9.64. The number of methoxy groups -OCH3 is 1. The minimum atomic E-state index is -0.0486. The Morgan fingerprint density at radius 1 is 1.07 bits per heavy atom. The van der Waals surface area contributed by atoms with Gasteiger partial charge in [0, 0.05) is 31.6 Å². The van der Waals surface area contributed by atoms with Crippen LogP contribution in [0.3, 0.4) is 0 Å². The van der Waals surface area contributed by atoms with Crippen LogP contribution in [0.25, 0.3) is 0 Å². The van der Waals surface area contributed by atoms with E-state index in [1.165, 1.54) is 11.8 Å². The molecule has 0 aliphatic carbocycles. The van der Waals surface area contributed by atoms with E-state index >= 15 is 0 Å². The van der Waals surface area contributed by atoms with Crippen molar-refractivity contribution < 1.29 is 14.3 Å². The number of ether oxygens (including phenoxy) is 1. The lowest BCUT2D eigenvalue weighted by Crippen LogP contribution is -2.29. The highest BCUT2D eigenvalue weighted by atomic mass is 32.2. The molecule has 2 amide bonds. The number of hydrogen-bond acceptors (Lipinski definition) is 4. The van der Waals surface area contributed by atoms with E-state index in [0.29, 0.717) is 17.9 Å². The molecule has 0 atom stereocenters. The van der Waals surface area contributed by atoms with Gasteiger partial charge in [0.15, 0.2) is 0 Å². The van der Waals surface area contributed by atoms with Crippen LogP contribution >= 0.6 is 11.8 Å². The molecule has 0 saturated carbocycles. The van der Waals surface area contributed by atoms with Crippen LogP contribution < -0.4 is 4.74 Å². The molecule has 2 aromatic rings. The fourth-order valence-electron chi connectivity index (χ4n) is 3.25. The van der Waals surface area contributed by atoms with Crippen molar-refractivity contribution in [3.05, 3.63) is 59.7 Å². The van der Waals surface area contributed by atoms with Crippen LogP contribution in [0.4, 0.5) is 0 Å². The maximum atomic E-state index is 13.0. The standard InChI is InChI=1S/C22H26N2O3S/c1-23(15-17-9-11-18(27-2)12-10-17)22(26)19-7-3-4-8-20(19)28-16-21(25)24-13-5-6-14-24/h3-4,7-12H,5-6,13-16H2,1-2H3. The third-order valence-electron chi connectivity index (χ3n) is 4.85. The normalized spacial score (nSPS) is 13.4. The van der Waals surface area contributed by atoms with Gasteiger partial charge in [0.1, 0.15) is 5.75 Å². The van der Waals surface area contributed by atoms with Gasteiger partial charge in [-0.05, 0) is 42.7 Å². The van der Waals surface area contributed by atoms with Crippen LogP contribution in [0.2, 0.25) is 0 Å². The molecular formula is C22H26N2O3S. The Balaban J connectivity index is 1.64. The Labute approximate surface area is 170 Å². The minimum absolute atomic E-state index is 0.0486. The summed E-state index contributed by atoms with van der Waals surface area (Å²) >= 11 is 1.44. The van der Waals surface area contributed by atoms with Crippen molar-refractivity contribution in [3.63, 3.8) is 0 Å². The van der Waals surface area contributed by atoms with Gasteiger partial charge in [-0.1, -0.05) is 24.3 Å². The predicted octanol–water partition coefficient (Wildman–Crippen LogP) is 3.68. The van der Waals surface area contributed by atoms with Gasteiger partial charge in [-0.2, -0.15) is 0 Å². The third kappa shape index (κ3) is 5.07. The maximum absolute atomic E-state index is 13.0. The molecule has 1 fully saturated rings. The molecular weight excluding hydrogens is 372 g/mol. The number of hydrogen-bond donors (Lipinski definition) is 0. The lowest BCUT2D eigenvalue weighted by Gasteiger charge is -2.20. The molecule has 1 aliphatic heterocycles. The summed E-state index contributed by atoms with van der Waals surface area (Å²) in [6.07, 6.45) is 2.17. The number of amides is 2. The van der Waals surface area contributed by atoms with Crippen LogP contribution in [0.5, 0.6) is 5.75 Å². The summed E-state index contributed by atoms with van der Waals surface area (Å²) < 4.78 is 5.18. The van der Waals surface area contributed by atoms with Gasteiger partial charge < -0.3 is 14.5 Å². The van der Waals surface area contributed by atoms with E-state index in [1.54, 1.807) is 19.1 Å². The van der Waals surface area contributed by atoms with Gasteiger partial charge in [-0.15, -0.1) is 11.8 Å². The van der Waals surface area contributed by atoms with Gasteiger partial charge in [0.25, 0.3) is 5.91 Å². The van der Waals surface area contributed by atoms with E-state index in [4.69, 9.17) is 4.74 Å². The molecule has 2 aromatic carbocycles. The van der Waals surface area contributed by atoms with Gasteiger partial charge in [-0.3, -0.25) is 9.59 Å². The maximum Gasteiger partial charge on any atom is 0.255 e. The first kappa shape index (κ1) is 20.3. The number of nitrogens with zero attached hydrogens (tertiary/aromatic N) is 2. The van der Waals surface area contributed by atoms with Gasteiger partial charge in [0.2, 0.25) is 5.91 Å². The number of carbonyl (C=O) groups excluding carboxylic acids is 2. The molecule has 1 saturated heterocycles. The van der Waals surface area contributed by atoms with Crippen LogP contribution in [0, 0.1) is 0 Å². The van der Waals surface area contributed by atoms with E-state index in [9.17, 15) is 9.59 Å². The van der Waals surface area contributed by atoms with E-state index < -0.39 is 0 Å². The fourth-order valence-corrected chi connectivity index (χ4v) is 4.20. The zero-order chi connectivity index (χ0) is 19.9. The second-order valence-corrected chi connectivity index (χ2v) is 7.90. The van der Waals surface area contributed by atoms with Gasteiger partial charge >= 0.3 is 0 Å². The Hall–Kier alpha value is -2.47. The Kier molecular flexibility index (Phi) is 6.98. The summed E-state index contributed by atoms with van der Waals surface area (Å²) in [6.45, 7) is 2.21. The SMILES string of the molecule is COc1ccc(CN(C)C(=O)c2ccccc2SCC(=O)N2CCCC2)cc1. The Morgan fingerprint density at radius 3 is 2.43 bits per heavy atom. The van der Waals surface area contributed by atoms with Crippen molar-refractivity contribution in [3.8, 4) is 5.75 Å². The van der Waals surface area contributed by atoms with Crippen LogP contribution in [-0.2, 0) is 11.3 Å². The molecule has 28 heavy (non-hydrogen) atoms. The second-order valence-electron chi connectivity index (χ2n) is 6.88. The molecule has 0 unspecified atom stereocenters. The Morgan fingerprint density at radius 2 is 1.75 bits per heavy atom. The fraction of sp³-hybridized carbons (Fsp3) is 0.364. The molecule has 0 bridgehead atoms.